The van der Waals surface area contributed by atoms with Gasteiger partial charge in [0.1, 0.15) is 0 Å². The van der Waals surface area contributed by atoms with Crippen molar-refractivity contribution in [2.24, 2.45) is 0 Å². The van der Waals surface area contributed by atoms with Crippen molar-refractivity contribution >= 4 is 24.0 Å². The van der Waals surface area contributed by atoms with Gasteiger partial charge in [0.2, 0.25) is 0 Å². The van der Waals surface area contributed by atoms with Crippen molar-refractivity contribution in [3.05, 3.63) is 29.3 Å². The Balaban J connectivity index is 3.14. The van der Waals surface area contributed by atoms with Gasteiger partial charge in [-0.1, -0.05) is 35.3 Å². The molecule has 0 aliphatic heterocycles. The maximum Gasteiger partial charge on any atom is 0.511 e. The molecular weight excluding hydrogens is 175 g/mol. The first-order chi connectivity index (χ1) is 5.02. The summed E-state index contributed by atoms with van der Waals surface area (Å²) in [7, 11) is 0. The lowest BCUT2D eigenvalue weighted by atomic mass is 9.80. The van der Waals surface area contributed by atoms with Crippen molar-refractivity contribution in [3.8, 4) is 0 Å². The molecule has 0 heterocycles. The number of halogens is 4. The third-order valence-corrected chi connectivity index (χ3v) is 1.60. The quantitative estimate of drug-likeness (QED) is 0.581. The van der Waals surface area contributed by atoms with Gasteiger partial charge in [0.25, 0.3) is 0 Å². The molecule has 0 aliphatic rings. The molecule has 1 aromatic rings. The molecule has 5 heteroatoms. The molecule has 1 rings (SSSR count). The molecule has 0 saturated heterocycles. The van der Waals surface area contributed by atoms with Gasteiger partial charge in [0.05, 0.1) is 0 Å². The Kier molecular flexibility index (Phi) is 2.14. The van der Waals surface area contributed by atoms with Crippen LogP contribution >= 0.6 is 11.6 Å². The van der Waals surface area contributed by atoms with E-state index in [4.69, 9.17) is 11.6 Å². The summed E-state index contributed by atoms with van der Waals surface area (Å²) in [4.78, 5) is 0. The minimum atomic E-state index is -4.96. The summed E-state index contributed by atoms with van der Waals surface area (Å²) in [5, 5.41) is -0.236. The van der Waals surface area contributed by atoms with Gasteiger partial charge in [-0.2, -0.15) is 0 Å². The minimum Gasteiger partial charge on any atom is -0.445 e. The topological polar surface area (TPSA) is 0 Å². The standard InChI is InChI=1S/C6H4BClF3/c8-6-4-2-1-3-5(6)7(9,10)11/h1-4H/q-1. The number of hydrogen-bond donors (Lipinski definition) is 0. The van der Waals surface area contributed by atoms with Gasteiger partial charge in [-0.05, 0) is 6.07 Å². The van der Waals surface area contributed by atoms with E-state index in [1.165, 1.54) is 18.2 Å². The highest BCUT2D eigenvalue weighted by atomic mass is 35.5. The van der Waals surface area contributed by atoms with Gasteiger partial charge >= 0.3 is 6.98 Å². The average Bonchev–Trinajstić information content (AvgIpc) is 1.86. The van der Waals surface area contributed by atoms with Crippen LogP contribution in [0.5, 0.6) is 0 Å². The van der Waals surface area contributed by atoms with Gasteiger partial charge in [-0.15, -0.1) is 0 Å². The summed E-state index contributed by atoms with van der Waals surface area (Å²) in [6, 6.07) is 4.98. The molecule has 0 spiro atoms. The van der Waals surface area contributed by atoms with Crippen molar-refractivity contribution in [2.45, 2.75) is 0 Å². The lowest BCUT2D eigenvalue weighted by Crippen LogP contribution is -2.34. The zero-order valence-corrected chi connectivity index (χ0v) is 6.15. The van der Waals surface area contributed by atoms with Gasteiger partial charge in [0, 0.05) is 5.02 Å². The Morgan fingerprint density at radius 3 is 2.00 bits per heavy atom. The second kappa shape index (κ2) is 2.78. The normalized spacial score (nSPS) is 11.6. The lowest BCUT2D eigenvalue weighted by Gasteiger charge is -2.15. The molecule has 0 amide bonds. The Morgan fingerprint density at radius 1 is 1.09 bits per heavy atom. The Bertz CT molecular complexity index is 258. The predicted octanol–water partition coefficient (Wildman–Crippen LogP) is 2.39. The summed E-state index contributed by atoms with van der Waals surface area (Å²) in [6.07, 6.45) is 0. The summed E-state index contributed by atoms with van der Waals surface area (Å²) in [6.45, 7) is -4.96. The largest absolute Gasteiger partial charge is 0.511 e. The van der Waals surface area contributed by atoms with E-state index >= 15 is 0 Å². The highest BCUT2D eigenvalue weighted by Crippen LogP contribution is 2.14. The van der Waals surface area contributed by atoms with Crippen LogP contribution in [0.1, 0.15) is 0 Å². The first-order valence-electron chi connectivity index (χ1n) is 2.96. The zero-order valence-electron chi connectivity index (χ0n) is 5.40. The SMILES string of the molecule is F[B-](F)(F)c1ccccc1Cl. The fourth-order valence-electron chi connectivity index (χ4n) is 0.741. The lowest BCUT2D eigenvalue weighted by molar-refractivity contribution is 0.501. The van der Waals surface area contributed by atoms with Gasteiger partial charge < -0.3 is 12.9 Å². The summed E-state index contributed by atoms with van der Waals surface area (Å²) >= 11 is 5.30. The third kappa shape index (κ3) is 1.90. The van der Waals surface area contributed by atoms with Crippen LogP contribution in [0.4, 0.5) is 12.9 Å². The third-order valence-electron chi connectivity index (χ3n) is 1.26. The van der Waals surface area contributed by atoms with Crippen LogP contribution in [0.15, 0.2) is 24.3 Å². The Hall–Kier alpha value is -0.635. The van der Waals surface area contributed by atoms with E-state index < -0.39 is 12.4 Å². The van der Waals surface area contributed by atoms with Crippen molar-refractivity contribution in [1.82, 2.24) is 0 Å². The van der Waals surface area contributed by atoms with E-state index in [-0.39, 0.29) is 5.02 Å². The van der Waals surface area contributed by atoms with Crippen molar-refractivity contribution in [1.29, 1.82) is 0 Å². The van der Waals surface area contributed by atoms with E-state index in [1.807, 2.05) is 0 Å². The first kappa shape index (κ1) is 8.46. The first-order valence-corrected chi connectivity index (χ1v) is 3.34. The molecule has 0 saturated carbocycles. The molecule has 0 radical (unpaired) electrons. The molecule has 0 aliphatic carbocycles. The molecule has 0 nitrogen and oxygen atoms in total. The van der Waals surface area contributed by atoms with E-state index in [0.717, 1.165) is 6.07 Å². The molecule has 0 N–H and O–H groups in total. The van der Waals surface area contributed by atoms with Crippen LogP contribution in [0.25, 0.3) is 0 Å². The van der Waals surface area contributed by atoms with Crippen molar-refractivity contribution in [3.63, 3.8) is 0 Å². The van der Waals surface area contributed by atoms with Gasteiger partial charge in [-0.3, -0.25) is 0 Å². The second-order valence-electron chi connectivity index (χ2n) is 2.10. The number of rotatable bonds is 1. The Labute approximate surface area is 67.0 Å². The van der Waals surface area contributed by atoms with E-state index in [1.54, 1.807) is 0 Å². The maximum atomic E-state index is 12.0. The summed E-state index contributed by atoms with van der Waals surface area (Å²) in [5.74, 6) is 0. The van der Waals surface area contributed by atoms with Gasteiger partial charge in [-0.25, -0.2) is 0 Å². The predicted molar refractivity (Wildman–Crippen MR) is 40.2 cm³/mol. The highest BCUT2D eigenvalue weighted by molar-refractivity contribution is 6.75. The van der Waals surface area contributed by atoms with Gasteiger partial charge in [0.15, 0.2) is 0 Å². The second-order valence-corrected chi connectivity index (χ2v) is 2.50. The summed E-state index contributed by atoms with van der Waals surface area (Å²) in [5.41, 5.74) is -0.728. The number of benzene rings is 1. The van der Waals surface area contributed by atoms with E-state index in [0.29, 0.717) is 0 Å². The van der Waals surface area contributed by atoms with Crippen LogP contribution in [0.2, 0.25) is 5.02 Å². The average molecular weight is 179 g/mol. The smallest absolute Gasteiger partial charge is 0.445 e. The van der Waals surface area contributed by atoms with Crippen LogP contribution in [0.3, 0.4) is 0 Å². The summed E-state index contributed by atoms with van der Waals surface area (Å²) < 4.78 is 36.1. The van der Waals surface area contributed by atoms with Crippen molar-refractivity contribution in [2.75, 3.05) is 0 Å². The fourth-order valence-corrected chi connectivity index (χ4v) is 1.00. The maximum absolute atomic E-state index is 12.0. The molecule has 11 heavy (non-hydrogen) atoms. The molecule has 0 atom stereocenters. The molecule has 0 fully saturated rings. The molecule has 60 valence electrons. The molecular formula is C6H4BClF3-. The van der Waals surface area contributed by atoms with E-state index in [9.17, 15) is 12.9 Å². The molecule has 1 aromatic carbocycles. The fraction of sp³-hybridized carbons (Fsp3) is 0. The van der Waals surface area contributed by atoms with Crippen LogP contribution in [0, 0.1) is 0 Å². The Morgan fingerprint density at radius 2 is 1.64 bits per heavy atom. The van der Waals surface area contributed by atoms with E-state index in [2.05, 4.69) is 0 Å². The van der Waals surface area contributed by atoms with Crippen LogP contribution in [-0.2, 0) is 0 Å². The number of hydrogen-bond acceptors (Lipinski definition) is 0. The van der Waals surface area contributed by atoms with Crippen LogP contribution in [-0.4, -0.2) is 6.98 Å². The molecule has 0 unspecified atom stereocenters. The molecule has 0 bridgehead atoms. The zero-order chi connectivity index (χ0) is 8.48. The van der Waals surface area contributed by atoms with Crippen LogP contribution < -0.4 is 5.46 Å². The highest BCUT2D eigenvalue weighted by Gasteiger charge is 2.27. The minimum absolute atomic E-state index is 0.236. The molecule has 0 aromatic heterocycles. The monoisotopic (exact) mass is 179 g/mol. The van der Waals surface area contributed by atoms with Crippen molar-refractivity contribution < 1.29 is 12.9 Å².